The summed E-state index contributed by atoms with van der Waals surface area (Å²) in [5, 5.41) is 9.50. The smallest absolute Gasteiger partial charge is 0.164 e. The van der Waals surface area contributed by atoms with Crippen molar-refractivity contribution in [1.82, 2.24) is 19.9 Å². The first kappa shape index (κ1) is 32.1. The number of fused-ring (bicyclic) bond motifs is 3. The summed E-state index contributed by atoms with van der Waals surface area (Å²) >= 11 is 4.27. The Morgan fingerprint density at radius 3 is 1.58 bits per heavy atom. The highest BCUT2D eigenvalue weighted by atomic mass is 32.1. The van der Waals surface area contributed by atoms with Gasteiger partial charge in [0, 0.05) is 38.8 Å². The molecule has 2 heterocycles. The van der Waals surface area contributed by atoms with Crippen molar-refractivity contribution in [2.24, 2.45) is 4.40 Å². The Labute approximate surface area is 312 Å². The molecule has 0 fully saturated rings. The molecule has 0 saturated heterocycles. The largest absolute Gasteiger partial charge is 0.299 e. The van der Waals surface area contributed by atoms with Gasteiger partial charge in [-0.15, -0.1) is 0 Å². The van der Waals surface area contributed by atoms with E-state index in [1.807, 2.05) is 84.9 Å². The molecule has 2 aromatic heterocycles. The van der Waals surface area contributed by atoms with Gasteiger partial charge in [-0.05, 0) is 59.4 Å². The second kappa shape index (κ2) is 13.7. The van der Waals surface area contributed by atoms with Gasteiger partial charge < -0.3 is 0 Å². The molecule has 0 bridgehead atoms. The van der Waals surface area contributed by atoms with Crippen LogP contribution in [-0.4, -0.2) is 31.4 Å². The number of thiol groups is 1. The lowest BCUT2D eigenvalue weighted by Gasteiger charge is -2.20. The molecule has 8 aromatic rings. The Balaban J connectivity index is 1.15. The van der Waals surface area contributed by atoms with Gasteiger partial charge in [-0.1, -0.05) is 146 Å². The van der Waals surface area contributed by atoms with E-state index in [4.69, 9.17) is 25.3 Å². The third-order valence-corrected chi connectivity index (χ3v) is 9.65. The molecule has 0 atom stereocenters. The average Bonchev–Trinajstić information content (AvgIpc) is 3.24. The Morgan fingerprint density at radius 1 is 0.434 bits per heavy atom. The van der Waals surface area contributed by atoms with E-state index in [-0.39, 0.29) is 0 Å². The van der Waals surface area contributed by atoms with Crippen molar-refractivity contribution in [2.75, 3.05) is 0 Å². The Hall–Kier alpha value is -6.83. The van der Waals surface area contributed by atoms with Crippen LogP contribution in [0.25, 0.3) is 84.7 Å². The van der Waals surface area contributed by atoms with E-state index in [1.54, 1.807) is 6.08 Å². The highest BCUT2D eigenvalue weighted by molar-refractivity contribution is 7.79. The molecule has 1 aliphatic rings. The number of nitrogens with one attached hydrogen (secondary N) is 1. The van der Waals surface area contributed by atoms with E-state index in [0.29, 0.717) is 28.9 Å². The van der Waals surface area contributed by atoms with E-state index in [0.717, 1.165) is 72.2 Å². The average molecular weight is 699 g/mol. The van der Waals surface area contributed by atoms with E-state index in [2.05, 4.69) is 96.1 Å². The molecule has 0 aliphatic heterocycles. The summed E-state index contributed by atoms with van der Waals surface area (Å²) in [5.41, 5.74) is 12.2. The highest BCUT2D eigenvalue weighted by Crippen LogP contribution is 2.37. The van der Waals surface area contributed by atoms with Crippen LogP contribution in [0.2, 0.25) is 0 Å². The van der Waals surface area contributed by atoms with Gasteiger partial charge in [0.2, 0.25) is 0 Å². The molecule has 250 valence electrons. The van der Waals surface area contributed by atoms with Gasteiger partial charge in [0.1, 0.15) is 5.71 Å². The summed E-state index contributed by atoms with van der Waals surface area (Å²) in [4.78, 5) is 20.1. The second-order valence-corrected chi connectivity index (χ2v) is 12.9. The van der Waals surface area contributed by atoms with Gasteiger partial charge in [-0.3, -0.25) is 5.41 Å². The number of hydrogen-bond acceptors (Lipinski definition) is 7. The van der Waals surface area contributed by atoms with Crippen LogP contribution >= 0.6 is 12.8 Å². The lowest BCUT2D eigenvalue weighted by molar-refractivity contribution is 1.07. The van der Waals surface area contributed by atoms with Crippen LogP contribution in [0.3, 0.4) is 0 Å². The minimum absolute atomic E-state index is 0.314. The van der Waals surface area contributed by atoms with Crippen molar-refractivity contribution in [1.29, 1.82) is 5.41 Å². The van der Waals surface area contributed by atoms with Crippen LogP contribution < -0.4 is 0 Å². The fourth-order valence-electron chi connectivity index (χ4n) is 6.81. The maximum Gasteiger partial charge on any atom is 0.164 e. The molecule has 0 radical (unpaired) electrons. The molecule has 9 rings (SSSR count). The van der Waals surface area contributed by atoms with Crippen LogP contribution in [0.4, 0.5) is 0 Å². The first-order valence-corrected chi connectivity index (χ1v) is 17.6. The number of nitrogens with zero attached hydrogens (tertiary/aromatic N) is 5. The van der Waals surface area contributed by atoms with E-state index in [1.165, 1.54) is 0 Å². The summed E-state index contributed by atoms with van der Waals surface area (Å²) in [6.45, 7) is 0. The monoisotopic (exact) mass is 698 g/mol. The fourth-order valence-corrected chi connectivity index (χ4v) is 7.02. The summed E-state index contributed by atoms with van der Waals surface area (Å²) in [6, 6.07) is 53.3. The lowest BCUT2D eigenvalue weighted by Crippen LogP contribution is -2.18. The molecule has 1 aliphatic carbocycles. The zero-order valence-corrected chi connectivity index (χ0v) is 29.2. The fraction of sp³-hybridized carbons (Fsp3) is 0. The van der Waals surface area contributed by atoms with E-state index < -0.39 is 0 Å². The molecule has 6 nitrogen and oxygen atoms in total. The van der Waals surface area contributed by atoms with Crippen molar-refractivity contribution >= 4 is 41.2 Å². The Bertz CT molecular complexity index is 2730. The minimum atomic E-state index is 0.314. The molecule has 0 amide bonds. The zero-order chi connectivity index (χ0) is 35.7. The van der Waals surface area contributed by atoms with Crippen molar-refractivity contribution < 1.29 is 0 Å². The molecular weight excluding hydrogens is 669 g/mol. The van der Waals surface area contributed by atoms with Crippen molar-refractivity contribution in [3.63, 3.8) is 0 Å². The number of allylic oxidation sites excluding steroid dienone is 1. The first-order valence-electron chi connectivity index (χ1n) is 17.2. The Kier molecular flexibility index (Phi) is 8.31. The van der Waals surface area contributed by atoms with Crippen LogP contribution in [0.15, 0.2) is 168 Å². The number of pyridine rings is 1. The molecular formula is C46H30N6S. The maximum atomic E-state index is 8.59. The second-order valence-electron chi connectivity index (χ2n) is 12.7. The van der Waals surface area contributed by atoms with Gasteiger partial charge in [0.05, 0.1) is 16.9 Å². The molecule has 7 heteroatoms. The quantitative estimate of drug-likeness (QED) is 0.169. The molecule has 53 heavy (non-hydrogen) atoms. The first-order chi connectivity index (χ1) is 26.1. The van der Waals surface area contributed by atoms with E-state index in [9.17, 15) is 0 Å². The minimum Gasteiger partial charge on any atom is -0.299 e. The predicted molar refractivity (Wildman–Crippen MR) is 220 cm³/mol. The van der Waals surface area contributed by atoms with Crippen LogP contribution in [0.5, 0.6) is 0 Å². The number of rotatable bonds is 6. The molecule has 0 saturated carbocycles. The van der Waals surface area contributed by atoms with Gasteiger partial charge in [-0.2, -0.15) is 0 Å². The summed E-state index contributed by atoms with van der Waals surface area (Å²) in [7, 11) is 0. The van der Waals surface area contributed by atoms with Crippen molar-refractivity contribution in [2.45, 2.75) is 0 Å². The van der Waals surface area contributed by atoms with Gasteiger partial charge in [0.15, 0.2) is 17.5 Å². The van der Waals surface area contributed by atoms with Gasteiger partial charge in [0.25, 0.3) is 0 Å². The summed E-state index contributed by atoms with van der Waals surface area (Å²) < 4.78 is 4.25. The molecule has 1 N–H and O–H groups in total. The third-order valence-electron chi connectivity index (χ3n) is 9.45. The maximum absolute atomic E-state index is 8.59. The van der Waals surface area contributed by atoms with Crippen LogP contribution in [-0.2, 0) is 0 Å². The summed E-state index contributed by atoms with van der Waals surface area (Å²) in [6.07, 6.45) is 3.71. The predicted octanol–water partition coefficient (Wildman–Crippen LogP) is 11.1. The lowest BCUT2D eigenvalue weighted by atomic mass is 9.87. The van der Waals surface area contributed by atoms with E-state index >= 15 is 0 Å². The topological polar surface area (TPSA) is 87.8 Å². The number of benzene rings is 6. The normalized spacial score (nSPS) is 13.0. The van der Waals surface area contributed by atoms with Gasteiger partial charge in [-0.25, -0.2) is 24.3 Å². The number of hydrogen-bond donors (Lipinski definition) is 2. The van der Waals surface area contributed by atoms with Crippen LogP contribution in [0, 0.1) is 5.41 Å². The molecule has 6 aromatic carbocycles. The standard InChI is InChI=1S/C46H30N6S/c47-39-26-25-38-41(43(39)52-53)37-24-23-35(28-40(37)48-42(38)31-13-6-2-7-14-31)34-17-10-18-36(27-34)46-50-44(32-15-8-3-9-16-32)49-45(51-46)33-21-19-30(20-22-33)29-11-4-1-5-12-29/h1-28,47,53H/b47-39?,52-43+. The number of aromatic nitrogens is 4. The van der Waals surface area contributed by atoms with Crippen molar-refractivity contribution in [3.05, 3.63) is 175 Å². The van der Waals surface area contributed by atoms with Crippen molar-refractivity contribution in [3.8, 4) is 67.7 Å². The molecule has 0 spiro atoms. The van der Waals surface area contributed by atoms with Gasteiger partial charge >= 0.3 is 0 Å². The highest BCUT2D eigenvalue weighted by Gasteiger charge is 2.24. The summed E-state index contributed by atoms with van der Waals surface area (Å²) in [5.74, 6) is 1.80. The molecule has 0 unspecified atom stereocenters. The SMILES string of the molecule is N=C1C=Cc2c(-c3ccccc3)nc3cc(-c4cccc(-c5nc(-c6ccccc6)nc(-c6ccc(-c7ccccc7)cc6)n5)c4)ccc3c2/C1=N/S. The third kappa shape index (κ3) is 6.13. The Morgan fingerprint density at radius 2 is 0.925 bits per heavy atom. The zero-order valence-electron chi connectivity index (χ0n) is 28.3. The van der Waals surface area contributed by atoms with Crippen LogP contribution in [0.1, 0.15) is 11.1 Å².